The summed E-state index contributed by atoms with van der Waals surface area (Å²) in [4.78, 5) is 22.5. The molecule has 23 heavy (non-hydrogen) atoms. The van der Waals surface area contributed by atoms with Gasteiger partial charge in [0.1, 0.15) is 18.4 Å². The van der Waals surface area contributed by atoms with Crippen molar-refractivity contribution in [2.45, 2.75) is 44.8 Å². The second-order valence-electron chi connectivity index (χ2n) is 5.67. The number of fused-ring (bicyclic) bond motifs is 1. The topological polar surface area (TPSA) is 117 Å². The lowest BCUT2D eigenvalue weighted by atomic mass is 10.2. The lowest BCUT2D eigenvalue weighted by Gasteiger charge is -2.18. The van der Waals surface area contributed by atoms with Gasteiger partial charge < -0.3 is 19.4 Å². The summed E-state index contributed by atoms with van der Waals surface area (Å²) in [6.45, 7) is 4.29. The molecule has 0 spiro atoms. The van der Waals surface area contributed by atoms with Gasteiger partial charge in [0.25, 0.3) is 5.56 Å². The minimum absolute atomic E-state index is 0.0314. The number of nitrogens with one attached hydrogen (secondary N) is 1. The molecule has 9 nitrogen and oxygen atoms in total. The normalized spacial score (nSPS) is 24.8. The largest absolute Gasteiger partial charge is 0.376 e. The van der Waals surface area contributed by atoms with Crippen LogP contribution in [0.5, 0.6) is 0 Å². The number of H-pyrrole nitrogens is 1. The summed E-state index contributed by atoms with van der Waals surface area (Å²) >= 11 is 3.91. The van der Waals surface area contributed by atoms with E-state index in [0.29, 0.717) is 18.7 Å². The van der Waals surface area contributed by atoms with Crippen LogP contribution in [0.1, 0.15) is 26.5 Å². The molecule has 0 aromatic carbocycles. The van der Waals surface area contributed by atoms with Crippen LogP contribution >= 0.6 is 12.9 Å². The van der Waals surface area contributed by atoms with E-state index < -0.39 is 0 Å². The predicted octanol–water partition coefficient (Wildman–Crippen LogP) is 0.644. The zero-order chi connectivity index (χ0) is 16.6. The van der Waals surface area contributed by atoms with E-state index in [2.05, 4.69) is 27.9 Å². The van der Waals surface area contributed by atoms with Crippen LogP contribution in [0.25, 0.3) is 11.2 Å². The van der Waals surface area contributed by atoms with Crippen molar-refractivity contribution in [3.8, 4) is 0 Å². The molecule has 0 saturated carbocycles. The van der Waals surface area contributed by atoms with Gasteiger partial charge >= 0.3 is 0 Å². The van der Waals surface area contributed by atoms with E-state index in [-0.39, 0.29) is 41.6 Å². The fourth-order valence-electron chi connectivity index (χ4n) is 2.57. The third kappa shape index (κ3) is 3.20. The highest BCUT2D eigenvalue weighted by Crippen LogP contribution is 2.33. The average Bonchev–Trinajstić information content (AvgIpc) is 3.08. The maximum absolute atomic E-state index is 11.8. The Bertz CT molecular complexity index is 746. The molecule has 3 N–H and O–H groups in total. The molecule has 0 radical (unpaired) electrons. The molecule has 3 rings (SSSR count). The number of thiol groups is 1. The van der Waals surface area contributed by atoms with Gasteiger partial charge in [-0.1, -0.05) is 0 Å². The minimum atomic E-state index is -0.383. The second-order valence-corrected chi connectivity index (χ2v) is 5.88. The van der Waals surface area contributed by atoms with Crippen molar-refractivity contribution < 1.29 is 13.7 Å². The van der Waals surface area contributed by atoms with Gasteiger partial charge in [-0.25, -0.2) is 4.98 Å². The molecular weight excluding hydrogens is 322 g/mol. The predicted molar refractivity (Wildman–Crippen MR) is 86.0 cm³/mol. The number of nitrogens with zero attached hydrogens (tertiary/aromatic N) is 3. The van der Waals surface area contributed by atoms with Crippen LogP contribution in [-0.4, -0.2) is 44.4 Å². The van der Waals surface area contributed by atoms with Crippen molar-refractivity contribution in [1.29, 1.82) is 0 Å². The summed E-state index contributed by atoms with van der Waals surface area (Å²) in [6.07, 6.45) is 1.25. The number of ether oxygens (including phenoxy) is 2. The van der Waals surface area contributed by atoms with E-state index in [1.807, 2.05) is 13.8 Å². The van der Waals surface area contributed by atoms with Gasteiger partial charge in [-0.05, 0) is 26.8 Å². The summed E-state index contributed by atoms with van der Waals surface area (Å²) in [5.41, 5.74) is 5.81. The van der Waals surface area contributed by atoms with Crippen LogP contribution < -0.4 is 11.3 Å². The molecule has 1 aliphatic heterocycles. The summed E-state index contributed by atoms with van der Waals surface area (Å²) < 4.78 is 18.4. The monoisotopic (exact) mass is 341 g/mol. The first-order chi connectivity index (χ1) is 11.0. The number of rotatable bonds is 5. The smallest absolute Gasteiger partial charge is 0.280 e. The molecule has 0 aliphatic carbocycles. The number of anilines is 1. The van der Waals surface area contributed by atoms with Gasteiger partial charge in [0.05, 0.1) is 19.0 Å². The summed E-state index contributed by atoms with van der Waals surface area (Å²) in [5, 5.41) is 0. The molecule has 0 unspecified atom stereocenters. The molecule has 3 atom stereocenters. The number of nitrogens with two attached hydrogens (primary N) is 1. The Kier molecular flexibility index (Phi) is 4.57. The summed E-state index contributed by atoms with van der Waals surface area (Å²) in [6, 6.07) is 0. The number of aromatic amines is 1. The standard InChI is InChI=1S/C13H19N5O4S/c1-6(2)20-4-8-7(22-23)3-9(21-8)18-5-15-10-11(18)16-13(14)17-12(10)19/h5-9,23H,3-4H2,1-2H3,(H3,14,16,17,19)/t7-,8+,9-/m0/s1. The maximum atomic E-state index is 11.8. The molecule has 10 heteroatoms. The highest BCUT2D eigenvalue weighted by molar-refractivity contribution is 7.75. The lowest BCUT2D eigenvalue weighted by Crippen LogP contribution is -2.28. The van der Waals surface area contributed by atoms with E-state index >= 15 is 0 Å². The van der Waals surface area contributed by atoms with Crippen LogP contribution in [0.15, 0.2) is 11.1 Å². The Hall–Kier alpha value is -1.62. The van der Waals surface area contributed by atoms with Crippen LogP contribution in [0.4, 0.5) is 5.95 Å². The second kappa shape index (κ2) is 6.48. The van der Waals surface area contributed by atoms with E-state index in [1.54, 1.807) is 4.57 Å². The number of hydrogen-bond acceptors (Lipinski definition) is 8. The highest BCUT2D eigenvalue weighted by atomic mass is 32.1. The number of hydrogen-bond donors (Lipinski definition) is 3. The average molecular weight is 341 g/mol. The van der Waals surface area contributed by atoms with Gasteiger partial charge in [0.15, 0.2) is 11.2 Å². The number of nitrogen functional groups attached to an aromatic ring is 1. The Balaban J connectivity index is 1.86. The lowest BCUT2D eigenvalue weighted by molar-refractivity contribution is -0.0674. The molecule has 1 aliphatic rings. The van der Waals surface area contributed by atoms with Crippen molar-refractivity contribution in [3.63, 3.8) is 0 Å². The fourth-order valence-corrected chi connectivity index (χ4v) is 2.80. The number of imidazole rings is 1. The van der Waals surface area contributed by atoms with Gasteiger partial charge in [0, 0.05) is 6.42 Å². The minimum Gasteiger partial charge on any atom is -0.376 e. The Morgan fingerprint density at radius 1 is 1.61 bits per heavy atom. The van der Waals surface area contributed by atoms with Gasteiger partial charge in [-0.15, -0.1) is 0 Å². The molecule has 2 aromatic heterocycles. The van der Waals surface area contributed by atoms with Gasteiger partial charge in [-0.3, -0.25) is 14.3 Å². The molecular formula is C13H19N5O4S. The first-order valence-corrected chi connectivity index (χ1v) is 7.65. The van der Waals surface area contributed by atoms with E-state index in [9.17, 15) is 4.79 Å². The van der Waals surface area contributed by atoms with Crippen molar-refractivity contribution in [2.24, 2.45) is 0 Å². The maximum Gasteiger partial charge on any atom is 0.280 e. The summed E-state index contributed by atoms with van der Waals surface area (Å²) in [5.74, 6) is 0.0314. The molecule has 1 saturated heterocycles. The molecule has 0 bridgehead atoms. The molecule has 126 valence electrons. The Morgan fingerprint density at radius 3 is 3.09 bits per heavy atom. The van der Waals surface area contributed by atoms with Crippen molar-refractivity contribution in [1.82, 2.24) is 19.5 Å². The summed E-state index contributed by atoms with van der Waals surface area (Å²) in [7, 11) is 0. The SMILES string of the molecule is CC(C)OC[C@H]1O[C@H](n2cnc3c(=O)[nH]c(N)nc32)C[C@@H]1OS. The van der Waals surface area contributed by atoms with E-state index in [0.717, 1.165) is 0 Å². The van der Waals surface area contributed by atoms with Crippen LogP contribution in [0.2, 0.25) is 0 Å². The molecule has 1 fully saturated rings. The zero-order valence-corrected chi connectivity index (χ0v) is 13.7. The molecule has 0 amide bonds. The molecule has 2 aromatic rings. The van der Waals surface area contributed by atoms with Crippen molar-refractivity contribution >= 4 is 30.0 Å². The van der Waals surface area contributed by atoms with Crippen molar-refractivity contribution in [2.75, 3.05) is 12.3 Å². The quantitative estimate of drug-likeness (QED) is 0.540. The highest BCUT2D eigenvalue weighted by Gasteiger charge is 2.38. The fraction of sp³-hybridized carbons (Fsp3) is 0.615. The van der Waals surface area contributed by atoms with E-state index in [1.165, 1.54) is 6.33 Å². The Morgan fingerprint density at radius 2 is 2.39 bits per heavy atom. The third-order valence-corrected chi connectivity index (χ3v) is 3.94. The number of aromatic nitrogens is 4. The van der Waals surface area contributed by atoms with E-state index in [4.69, 9.17) is 19.4 Å². The Labute approximate surface area is 137 Å². The van der Waals surface area contributed by atoms with Crippen molar-refractivity contribution in [3.05, 3.63) is 16.7 Å². The zero-order valence-electron chi connectivity index (χ0n) is 12.8. The van der Waals surface area contributed by atoms with Crippen LogP contribution in [0, 0.1) is 0 Å². The molecule has 3 heterocycles. The van der Waals surface area contributed by atoms with Gasteiger partial charge in [-0.2, -0.15) is 4.98 Å². The first kappa shape index (κ1) is 16.2. The van der Waals surface area contributed by atoms with Crippen LogP contribution in [-0.2, 0) is 13.7 Å². The third-order valence-electron chi connectivity index (χ3n) is 3.67. The van der Waals surface area contributed by atoms with Crippen LogP contribution in [0.3, 0.4) is 0 Å². The first-order valence-electron chi connectivity index (χ1n) is 7.29. The van der Waals surface area contributed by atoms with Gasteiger partial charge in [0.2, 0.25) is 5.95 Å².